The van der Waals surface area contributed by atoms with E-state index in [-0.39, 0.29) is 11.3 Å². The van der Waals surface area contributed by atoms with Crippen LogP contribution in [0.3, 0.4) is 0 Å². The molecule has 0 aliphatic carbocycles. The van der Waals surface area contributed by atoms with E-state index < -0.39 is 27.2 Å². The molecular formula is C18H21NO5S. The van der Waals surface area contributed by atoms with E-state index in [1.807, 2.05) is 13.8 Å². The van der Waals surface area contributed by atoms with Gasteiger partial charge in [0.1, 0.15) is 6.10 Å². The van der Waals surface area contributed by atoms with Gasteiger partial charge in [0.05, 0.1) is 4.90 Å². The Labute approximate surface area is 147 Å². The molecule has 0 saturated carbocycles. The molecule has 0 aliphatic heterocycles. The third-order valence-corrected chi connectivity index (χ3v) is 5.20. The van der Waals surface area contributed by atoms with Gasteiger partial charge in [-0.1, -0.05) is 61.4 Å². The van der Waals surface area contributed by atoms with Crippen LogP contribution in [0.4, 0.5) is 0 Å². The molecule has 0 aliphatic rings. The van der Waals surface area contributed by atoms with E-state index in [4.69, 9.17) is 4.18 Å². The van der Waals surface area contributed by atoms with E-state index >= 15 is 0 Å². The molecule has 2 aromatic rings. The molecule has 0 radical (unpaired) electrons. The van der Waals surface area contributed by atoms with Gasteiger partial charge in [0, 0.05) is 10.5 Å². The highest BCUT2D eigenvalue weighted by Gasteiger charge is 2.37. The monoisotopic (exact) mass is 363 g/mol. The highest BCUT2D eigenvalue weighted by atomic mass is 32.2. The number of nitro groups is 1. The predicted octanol–water partition coefficient (Wildman–Crippen LogP) is 3.89. The Kier molecular flexibility index (Phi) is 6.27. The van der Waals surface area contributed by atoms with Crippen molar-refractivity contribution in [1.29, 1.82) is 0 Å². The van der Waals surface area contributed by atoms with Crippen LogP contribution >= 0.6 is 0 Å². The fraction of sp³-hybridized carbons (Fsp3) is 0.333. The first-order valence-electron chi connectivity index (χ1n) is 8.03. The summed E-state index contributed by atoms with van der Waals surface area (Å²) in [6, 6.07) is 13.3. The molecule has 0 spiro atoms. The molecule has 25 heavy (non-hydrogen) atoms. The summed E-state index contributed by atoms with van der Waals surface area (Å²) in [6.07, 6.45) is -0.259. The second kappa shape index (κ2) is 8.22. The molecule has 0 bridgehead atoms. The number of aryl methyl sites for hydroxylation is 1. The summed E-state index contributed by atoms with van der Waals surface area (Å²) in [5.41, 5.74) is 1.33. The van der Waals surface area contributed by atoms with Crippen molar-refractivity contribution in [3.8, 4) is 0 Å². The molecule has 134 valence electrons. The molecule has 0 amide bonds. The van der Waals surface area contributed by atoms with Crippen LogP contribution in [0.25, 0.3) is 0 Å². The highest BCUT2D eigenvalue weighted by molar-refractivity contribution is 7.86. The molecule has 6 nitrogen and oxygen atoms in total. The number of nitrogens with zero attached hydrogens (tertiary/aromatic N) is 1. The van der Waals surface area contributed by atoms with E-state index in [0.717, 1.165) is 5.56 Å². The van der Waals surface area contributed by atoms with Gasteiger partial charge in [0.15, 0.2) is 0 Å². The third kappa shape index (κ3) is 4.87. The standard InChI is InChI=1S/C18H21NO5S/c1-3-7-17(18(19(20)21)15-8-5-4-6-9-15)24-25(22,23)16-12-10-14(2)11-13-16/h4-6,8-13,17-18H,3,7H2,1-2H3. The average molecular weight is 363 g/mol. The first kappa shape index (κ1) is 19.1. The number of benzene rings is 2. The SMILES string of the molecule is CCCC(OS(=O)(=O)c1ccc(C)cc1)C(c1ccccc1)[N+](=O)[O-]. The van der Waals surface area contributed by atoms with Gasteiger partial charge in [-0.3, -0.25) is 14.3 Å². The van der Waals surface area contributed by atoms with Crippen molar-refractivity contribution in [2.45, 2.75) is 43.7 Å². The molecule has 0 N–H and O–H groups in total. The first-order valence-corrected chi connectivity index (χ1v) is 9.44. The van der Waals surface area contributed by atoms with Crippen LogP contribution in [-0.4, -0.2) is 19.4 Å². The molecule has 0 aromatic heterocycles. The fourth-order valence-electron chi connectivity index (χ4n) is 2.59. The lowest BCUT2D eigenvalue weighted by molar-refractivity contribution is -0.540. The first-order chi connectivity index (χ1) is 11.8. The minimum Gasteiger partial charge on any atom is -0.264 e. The third-order valence-electron chi connectivity index (χ3n) is 3.85. The lowest BCUT2D eigenvalue weighted by Gasteiger charge is -2.21. The molecule has 2 atom stereocenters. The maximum absolute atomic E-state index is 12.5. The maximum Gasteiger partial charge on any atom is 0.297 e. The van der Waals surface area contributed by atoms with E-state index in [0.29, 0.717) is 12.0 Å². The summed E-state index contributed by atoms with van der Waals surface area (Å²) in [5.74, 6) is 0. The second-order valence-corrected chi connectivity index (χ2v) is 7.40. The van der Waals surface area contributed by atoms with Crippen molar-refractivity contribution >= 4 is 10.1 Å². The van der Waals surface area contributed by atoms with Crippen LogP contribution in [0.5, 0.6) is 0 Å². The van der Waals surface area contributed by atoms with Crippen LogP contribution in [0.1, 0.15) is 36.9 Å². The van der Waals surface area contributed by atoms with Gasteiger partial charge in [-0.2, -0.15) is 8.42 Å². The van der Waals surface area contributed by atoms with Gasteiger partial charge in [-0.25, -0.2) is 0 Å². The Morgan fingerprint density at radius 1 is 1.08 bits per heavy atom. The lowest BCUT2D eigenvalue weighted by Crippen LogP contribution is -2.30. The molecule has 0 saturated heterocycles. The second-order valence-electron chi connectivity index (χ2n) is 5.83. The summed E-state index contributed by atoms with van der Waals surface area (Å²) in [7, 11) is -4.09. The Morgan fingerprint density at radius 3 is 2.20 bits per heavy atom. The molecule has 7 heteroatoms. The lowest BCUT2D eigenvalue weighted by atomic mass is 9.99. The number of hydrogen-bond acceptors (Lipinski definition) is 5. The topological polar surface area (TPSA) is 86.5 Å². The van der Waals surface area contributed by atoms with Crippen molar-refractivity contribution in [3.05, 3.63) is 75.8 Å². The molecular weight excluding hydrogens is 342 g/mol. The summed E-state index contributed by atoms with van der Waals surface area (Å²) in [5, 5.41) is 11.6. The zero-order valence-electron chi connectivity index (χ0n) is 14.2. The van der Waals surface area contributed by atoms with Gasteiger partial charge >= 0.3 is 0 Å². The predicted molar refractivity (Wildman–Crippen MR) is 94.3 cm³/mol. The smallest absolute Gasteiger partial charge is 0.264 e. The van der Waals surface area contributed by atoms with Crippen molar-refractivity contribution in [2.75, 3.05) is 0 Å². The Bertz CT molecular complexity index is 803. The van der Waals surface area contributed by atoms with Crippen molar-refractivity contribution < 1.29 is 17.5 Å². The van der Waals surface area contributed by atoms with Gasteiger partial charge < -0.3 is 0 Å². The van der Waals surface area contributed by atoms with Crippen molar-refractivity contribution in [3.63, 3.8) is 0 Å². The molecule has 2 aromatic carbocycles. The van der Waals surface area contributed by atoms with Crippen molar-refractivity contribution in [2.24, 2.45) is 0 Å². The maximum atomic E-state index is 12.5. The largest absolute Gasteiger partial charge is 0.297 e. The number of hydrogen-bond donors (Lipinski definition) is 0. The van der Waals surface area contributed by atoms with Crippen LogP contribution < -0.4 is 0 Å². The molecule has 2 unspecified atom stereocenters. The highest BCUT2D eigenvalue weighted by Crippen LogP contribution is 2.29. The summed E-state index contributed by atoms with van der Waals surface area (Å²) in [4.78, 5) is 11.1. The Hall–Kier alpha value is -2.25. The van der Waals surface area contributed by atoms with E-state index in [9.17, 15) is 18.5 Å². The van der Waals surface area contributed by atoms with E-state index in [1.54, 1.807) is 42.5 Å². The van der Waals surface area contributed by atoms with Crippen LogP contribution in [-0.2, 0) is 14.3 Å². The molecule has 2 rings (SSSR count). The van der Waals surface area contributed by atoms with Gasteiger partial charge in [-0.05, 0) is 25.5 Å². The summed E-state index contributed by atoms with van der Waals surface area (Å²) in [6.45, 7) is 3.67. The van der Waals surface area contributed by atoms with E-state index in [2.05, 4.69) is 0 Å². The van der Waals surface area contributed by atoms with Crippen LogP contribution in [0.2, 0.25) is 0 Å². The van der Waals surface area contributed by atoms with Crippen LogP contribution in [0, 0.1) is 17.0 Å². The average Bonchev–Trinajstić information content (AvgIpc) is 2.56. The normalized spacial score (nSPS) is 14.0. The number of rotatable bonds is 8. The van der Waals surface area contributed by atoms with Gasteiger partial charge in [0.25, 0.3) is 16.2 Å². The van der Waals surface area contributed by atoms with E-state index in [1.165, 1.54) is 12.1 Å². The van der Waals surface area contributed by atoms with Crippen LogP contribution in [0.15, 0.2) is 59.5 Å². The zero-order chi connectivity index (χ0) is 18.4. The van der Waals surface area contributed by atoms with Gasteiger partial charge in [-0.15, -0.1) is 0 Å². The van der Waals surface area contributed by atoms with Crippen molar-refractivity contribution in [1.82, 2.24) is 0 Å². The van der Waals surface area contributed by atoms with Gasteiger partial charge in [0.2, 0.25) is 0 Å². The Balaban J connectivity index is 2.35. The quantitative estimate of drug-likeness (QED) is 0.403. The minimum absolute atomic E-state index is 0.00522. The summed E-state index contributed by atoms with van der Waals surface area (Å²) >= 11 is 0. The zero-order valence-corrected chi connectivity index (χ0v) is 15.0. The minimum atomic E-state index is -4.09. The molecule has 0 fully saturated rings. The summed E-state index contributed by atoms with van der Waals surface area (Å²) < 4.78 is 30.4. The fourth-order valence-corrected chi connectivity index (χ4v) is 3.70. The molecule has 0 heterocycles. The Morgan fingerprint density at radius 2 is 1.68 bits per heavy atom.